The Kier molecular flexibility index (Phi) is 8.55. The summed E-state index contributed by atoms with van der Waals surface area (Å²) in [6, 6.07) is 32.8. The molecule has 0 amide bonds. The molecule has 3 rings (SSSR count). The standard InChI is InChI=1S/C24H27P.BrH/c25-20-24(23-14-8-3-9-15-23,18-16-21-10-4-1-5-11-21)19-17-22-12-6-2-7-13-22;/h1-15H,16-20,25H2;1H. The van der Waals surface area contributed by atoms with Crippen molar-refractivity contribution in [1.82, 2.24) is 0 Å². The molecular weight excluding hydrogens is 399 g/mol. The van der Waals surface area contributed by atoms with Gasteiger partial charge in [-0.05, 0) is 54.0 Å². The predicted molar refractivity (Wildman–Crippen MR) is 123 cm³/mol. The Bertz CT molecular complexity index is 697. The van der Waals surface area contributed by atoms with E-state index < -0.39 is 0 Å². The fraction of sp³-hybridized carbons (Fsp3) is 0.250. The van der Waals surface area contributed by atoms with Gasteiger partial charge in [0.1, 0.15) is 0 Å². The molecule has 26 heavy (non-hydrogen) atoms. The lowest BCUT2D eigenvalue weighted by Gasteiger charge is -2.34. The van der Waals surface area contributed by atoms with E-state index in [1.165, 1.54) is 29.5 Å². The Balaban J connectivity index is 0.00000243. The van der Waals surface area contributed by atoms with E-state index in [0.29, 0.717) is 0 Å². The van der Waals surface area contributed by atoms with Crippen LogP contribution in [0.2, 0.25) is 0 Å². The van der Waals surface area contributed by atoms with Gasteiger partial charge in [0.05, 0.1) is 0 Å². The molecule has 3 aromatic carbocycles. The second kappa shape index (κ2) is 10.7. The third-order valence-electron chi connectivity index (χ3n) is 5.25. The van der Waals surface area contributed by atoms with Crippen LogP contribution < -0.4 is 0 Å². The molecule has 0 N–H and O–H groups in total. The van der Waals surface area contributed by atoms with Crippen molar-refractivity contribution in [3.8, 4) is 0 Å². The molecule has 0 radical (unpaired) electrons. The van der Waals surface area contributed by atoms with Crippen molar-refractivity contribution < 1.29 is 0 Å². The quantitative estimate of drug-likeness (QED) is 0.354. The Morgan fingerprint density at radius 3 is 1.35 bits per heavy atom. The highest BCUT2D eigenvalue weighted by Crippen LogP contribution is 2.36. The van der Waals surface area contributed by atoms with Crippen molar-refractivity contribution in [2.24, 2.45) is 0 Å². The normalized spacial score (nSPS) is 11.0. The molecule has 2 heteroatoms. The van der Waals surface area contributed by atoms with Crippen LogP contribution in [0, 0.1) is 0 Å². The average Bonchev–Trinajstić information content (AvgIpc) is 2.71. The van der Waals surface area contributed by atoms with Crippen LogP contribution in [-0.2, 0) is 18.3 Å². The number of benzene rings is 3. The Morgan fingerprint density at radius 2 is 0.962 bits per heavy atom. The van der Waals surface area contributed by atoms with Crippen molar-refractivity contribution in [1.29, 1.82) is 0 Å². The van der Waals surface area contributed by atoms with E-state index in [0.717, 1.165) is 19.0 Å². The van der Waals surface area contributed by atoms with E-state index >= 15 is 0 Å². The third-order valence-corrected chi connectivity index (χ3v) is 6.03. The summed E-state index contributed by atoms with van der Waals surface area (Å²) in [4.78, 5) is 0. The first-order chi connectivity index (χ1) is 12.3. The van der Waals surface area contributed by atoms with E-state index in [1.54, 1.807) is 0 Å². The molecule has 0 fully saturated rings. The average molecular weight is 427 g/mol. The molecule has 0 bridgehead atoms. The van der Waals surface area contributed by atoms with Gasteiger partial charge in [-0.2, -0.15) is 0 Å². The van der Waals surface area contributed by atoms with Crippen LogP contribution >= 0.6 is 26.2 Å². The van der Waals surface area contributed by atoms with Crippen LogP contribution in [0.1, 0.15) is 29.5 Å². The smallest absolute Gasteiger partial charge is 0.000622 e. The molecule has 0 aliphatic rings. The number of hydrogen-bond acceptors (Lipinski definition) is 0. The van der Waals surface area contributed by atoms with E-state index in [-0.39, 0.29) is 22.4 Å². The van der Waals surface area contributed by atoms with E-state index in [2.05, 4.69) is 100 Å². The SMILES string of the molecule is Br.PCC(CCc1ccccc1)(CCc1ccccc1)c1ccccc1. The second-order valence-corrected chi connectivity index (χ2v) is 7.23. The summed E-state index contributed by atoms with van der Waals surface area (Å²) in [5, 5.41) is 0. The molecule has 0 aliphatic heterocycles. The topological polar surface area (TPSA) is 0 Å². The van der Waals surface area contributed by atoms with Crippen molar-refractivity contribution in [3.05, 3.63) is 108 Å². The maximum atomic E-state index is 3.02. The van der Waals surface area contributed by atoms with Crippen LogP contribution in [0.4, 0.5) is 0 Å². The van der Waals surface area contributed by atoms with Crippen molar-refractivity contribution in [2.75, 3.05) is 6.16 Å². The van der Waals surface area contributed by atoms with Crippen molar-refractivity contribution >= 4 is 26.2 Å². The minimum atomic E-state index is 0. The molecule has 0 spiro atoms. The molecule has 3 aromatic rings. The Labute approximate surface area is 171 Å². The van der Waals surface area contributed by atoms with Crippen molar-refractivity contribution in [3.63, 3.8) is 0 Å². The van der Waals surface area contributed by atoms with Gasteiger partial charge < -0.3 is 0 Å². The molecule has 1 atom stereocenters. The lowest BCUT2D eigenvalue weighted by Crippen LogP contribution is -2.30. The van der Waals surface area contributed by atoms with Gasteiger partial charge in [0.2, 0.25) is 0 Å². The molecule has 0 heterocycles. The Morgan fingerprint density at radius 1 is 0.577 bits per heavy atom. The van der Waals surface area contributed by atoms with E-state index in [9.17, 15) is 0 Å². The van der Waals surface area contributed by atoms with Gasteiger partial charge in [0.15, 0.2) is 0 Å². The molecule has 0 saturated heterocycles. The highest BCUT2D eigenvalue weighted by atomic mass is 79.9. The lowest BCUT2D eigenvalue weighted by atomic mass is 9.73. The first-order valence-corrected chi connectivity index (χ1v) is 9.97. The highest BCUT2D eigenvalue weighted by molar-refractivity contribution is 8.93. The van der Waals surface area contributed by atoms with Crippen molar-refractivity contribution in [2.45, 2.75) is 31.1 Å². The molecule has 0 nitrogen and oxygen atoms in total. The second-order valence-electron chi connectivity index (χ2n) is 6.82. The molecule has 0 aromatic heterocycles. The molecule has 0 saturated carbocycles. The summed E-state index contributed by atoms with van der Waals surface area (Å²) < 4.78 is 0. The van der Waals surface area contributed by atoms with E-state index in [1.807, 2.05) is 0 Å². The predicted octanol–water partition coefficient (Wildman–Crippen LogP) is 6.64. The van der Waals surface area contributed by atoms with Crippen LogP contribution in [0.25, 0.3) is 0 Å². The summed E-state index contributed by atoms with van der Waals surface area (Å²) in [6.07, 6.45) is 5.70. The minimum Gasteiger partial charge on any atom is -0.137 e. The summed E-state index contributed by atoms with van der Waals surface area (Å²) >= 11 is 0. The minimum absolute atomic E-state index is 0. The zero-order valence-electron chi connectivity index (χ0n) is 15.2. The van der Waals surface area contributed by atoms with Gasteiger partial charge in [-0.25, -0.2) is 0 Å². The van der Waals surface area contributed by atoms with Gasteiger partial charge in [-0.15, -0.1) is 26.2 Å². The van der Waals surface area contributed by atoms with Crippen LogP contribution in [-0.4, -0.2) is 6.16 Å². The summed E-state index contributed by atoms with van der Waals surface area (Å²) in [6.45, 7) is 0. The zero-order valence-corrected chi connectivity index (χ0v) is 18.0. The van der Waals surface area contributed by atoms with Gasteiger partial charge in [0.25, 0.3) is 0 Å². The van der Waals surface area contributed by atoms with E-state index in [4.69, 9.17) is 0 Å². The van der Waals surface area contributed by atoms with Crippen LogP contribution in [0.15, 0.2) is 91.0 Å². The third kappa shape index (κ3) is 5.53. The zero-order chi connectivity index (χ0) is 17.4. The lowest BCUT2D eigenvalue weighted by molar-refractivity contribution is 0.409. The number of halogens is 1. The fourth-order valence-electron chi connectivity index (χ4n) is 3.58. The summed E-state index contributed by atoms with van der Waals surface area (Å²) in [5.74, 6) is 0. The molecular formula is C24H28BrP. The highest BCUT2D eigenvalue weighted by Gasteiger charge is 2.29. The van der Waals surface area contributed by atoms with Crippen LogP contribution in [0.3, 0.4) is 0 Å². The first kappa shape index (κ1) is 20.9. The van der Waals surface area contributed by atoms with Gasteiger partial charge in [-0.1, -0.05) is 91.0 Å². The molecule has 0 aliphatic carbocycles. The monoisotopic (exact) mass is 426 g/mol. The van der Waals surface area contributed by atoms with Gasteiger partial charge in [-0.3, -0.25) is 0 Å². The maximum absolute atomic E-state index is 3.02. The molecule has 1 unspecified atom stereocenters. The number of hydrogen-bond donors (Lipinski definition) is 0. The maximum Gasteiger partial charge on any atom is -0.000622 e. The van der Waals surface area contributed by atoms with Gasteiger partial charge >= 0.3 is 0 Å². The fourth-order valence-corrected chi connectivity index (χ4v) is 4.23. The number of rotatable bonds is 8. The number of aryl methyl sites for hydroxylation is 2. The Hall–Kier alpha value is -1.43. The first-order valence-electron chi connectivity index (χ1n) is 9.16. The summed E-state index contributed by atoms with van der Waals surface area (Å²) in [5.41, 5.74) is 4.54. The summed E-state index contributed by atoms with van der Waals surface area (Å²) in [7, 11) is 3.02. The largest absolute Gasteiger partial charge is 0.137 e. The van der Waals surface area contributed by atoms with Gasteiger partial charge in [0, 0.05) is 0 Å². The van der Waals surface area contributed by atoms with Crippen LogP contribution in [0.5, 0.6) is 0 Å². The molecule has 136 valence electrons.